The highest BCUT2D eigenvalue weighted by molar-refractivity contribution is 5.41. The van der Waals surface area contributed by atoms with Gasteiger partial charge in [0.15, 0.2) is 0 Å². The van der Waals surface area contributed by atoms with Crippen molar-refractivity contribution in [2.24, 2.45) is 0 Å². The number of aryl methyl sites for hydroxylation is 1. The second-order valence-electron chi connectivity index (χ2n) is 1.95. The topological polar surface area (TPSA) is 13.1 Å². The average Bonchev–Trinajstić information content (AvgIpc) is 2.41. The first-order chi connectivity index (χ1) is 5.33. The molecule has 1 heteroatoms. The lowest BCUT2D eigenvalue weighted by atomic mass is 10.4. The molecule has 0 radical (unpaired) electrons. The lowest BCUT2D eigenvalue weighted by Gasteiger charge is -1.80. The van der Waals surface area contributed by atoms with Gasteiger partial charge in [0.2, 0.25) is 0 Å². The molecule has 0 saturated carbocycles. The van der Waals surface area contributed by atoms with Crippen LogP contribution < -0.4 is 0 Å². The Labute approximate surface area is 68.7 Å². The number of rotatable bonds is 1. The molecular formula is C10H16O. The minimum Gasteiger partial charge on any atom is -0.462 e. The van der Waals surface area contributed by atoms with Gasteiger partial charge in [0, 0.05) is 0 Å². The largest absolute Gasteiger partial charge is 0.462 e. The van der Waals surface area contributed by atoms with Crippen LogP contribution in [0.5, 0.6) is 0 Å². The van der Waals surface area contributed by atoms with Crippen molar-refractivity contribution >= 4 is 6.08 Å². The van der Waals surface area contributed by atoms with Crippen molar-refractivity contribution in [3.05, 3.63) is 29.7 Å². The normalized spacial score (nSPS) is 9.45. The van der Waals surface area contributed by atoms with Crippen molar-refractivity contribution in [1.29, 1.82) is 0 Å². The minimum absolute atomic E-state index is 0.926. The summed E-state index contributed by atoms with van der Waals surface area (Å²) in [4.78, 5) is 0. The van der Waals surface area contributed by atoms with E-state index in [-0.39, 0.29) is 0 Å². The molecule has 0 spiro atoms. The molecule has 0 bridgehead atoms. The van der Waals surface area contributed by atoms with Crippen molar-refractivity contribution in [3.8, 4) is 0 Å². The van der Waals surface area contributed by atoms with Gasteiger partial charge in [-0.1, -0.05) is 19.9 Å². The Morgan fingerprint density at radius 1 is 1.27 bits per heavy atom. The fraction of sp³-hybridized carbons (Fsp3) is 0.400. The van der Waals surface area contributed by atoms with Crippen LogP contribution in [0, 0.1) is 6.92 Å². The maximum absolute atomic E-state index is 5.24. The summed E-state index contributed by atoms with van der Waals surface area (Å²) < 4.78 is 5.24. The number of hydrogen-bond acceptors (Lipinski definition) is 1. The zero-order chi connectivity index (χ0) is 8.69. The van der Waals surface area contributed by atoms with E-state index in [2.05, 4.69) is 0 Å². The van der Waals surface area contributed by atoms with Gasteiger partial charge in [-0.3, -0.25) is 0 Å². The van der Waals surface area contributed by atoms with Crippen molar-refractivity contribution < 1.29 is 4.42 Å². The van der Waals surface area contributed by atoms with E-state index in [1.807, 2.05) is 52.0 Å². The van der Waals surface area contributed by atoms with Crippen LogP contribution in [0.25, 0.3) is 6.08 Å². The van der Waals surface area contributed by atoms with E-state index in [0.717, 1.165) is 11.5 Å². The van der Waals surface area contributed by atoms with Gasteiger partial charge in [-0.25, -0.2) is 0 Å². The first-order valence-corrected chi connectivity index (χ1v) is 4.02. The molecule has 1 aromatic heterocycles. The predicted octanol–water partition coefficient (Wildman–Crippen LogP) is 3.65. The lowest BCUT2D eigenvalue weighted by Crippen LogP contribution is -1.57. The first kappa shape index (κ1) is 10.0. The summed E-state index contributed by atoms with van der Waals surface area (Å²) in [6, 6.07) is 3.91. The Morgan fingerprint density at radius 2 is 1.91 bits per heavy atom. The standard InChI is InChI=1S/C8H10O.C2H6/c1-3-4-8-6-5-7(2)9-8;1-2/h3-6H,1-2H3;1-2H3/b4-3+;. The van der Waals surface area contributed by atoms with Gasteiger partial charge in [0.25, 0.3) is 0 Å². The summed E-state index contributed by atoms with van der Waals surface area (Å²) in [5.41, 5.74) is 0. The Morgan fingerprint density at radius 3 is 2.27 bits per heavy atom. The Kier molecular flexibility index (Phi) is 5.26. The summed E-state index contributed by atoms with van der Waals surface area (Å²) >= 11 is 0. The Bertz CT molecular complexity index is 208. The molecule has 0 unspecified atom stereocenters. The second-order valence-corrected chi connectivity index (χ2v) is 1.95. The third-order valence-electron chi connectivity index (χ3n) is 1.09. The molecule has 0 fully saturated rings. The van der Waals surface area contributed by atoms with E-state index in [9.17, 15) is 0 Å². The maximum atomic E-state index is 5.24. The SMILES string of the molecule is C/C=C/c1ccc(C)o1.CC. The third kappa shape index (κ3) is 3.66. The molecule has 0 aromatic carbocycles. The molecular weight excluding hydrogens is 136 g/mol. The quantitative estimate of drug-likeness (QED) is 0.598. The fourth-order valence-corrected chi connectivity index (χ4v) is 0.707. The molecule has 0 aliphatic heterocycles. The summed E-state index contributed by atoms with van der Waals surface area (Å²) in [7, 11) is 0. The molecule has 0 amide bonds. The zero-order valence-corrected chi connectivity index (χ0v) is 7.72. The molecule has 1 aromatic rings. The van der Waals surface area contributed by atoms with Crippen molar-refractivity contribution in [2.45, 2.75) is 27.7 Å². The third-order valence-corrected chi connectivity index (χ3v) is 1.09. The first-order valence-electron chi connectivity index (χ1n) is 4.02. The van der Waals surface area contributed by atoms with Crippen LogP contribution in [0.15, 0.2) is 22.6 Å². The number of allylic oxidation sites excluding steroid dienone is 1. The van der Waals surface area contributed by atoms with Crippen molar-refractivity contribution in [3.63, 3.8) is 0 Å². The molecule has 0 atom stereocenters. The number of hydrogen-bond donors (Lipinski definition) is 0. The van der Waals surface area contributed by atoms with Crippen LogP contribution in [0.3, 0.4) is 0 Å². The van der Waals surface area contributed by atoms with Crippen molar-refractivity contribution in [1.82, 2.24) is 0 Å². The summed E-state index contributed by atoms with van der Waals surface area (Å²) in [6.07, 6.45) is 3.89. The fourth-order valence-electron chi connectivity index (χ4n) is 0.707. The van der Waals surface area contributed by atoms with Crippen LogP contribution >= 0.6 is 0 Å². The van der Waals surface area contributed by atoms with Crippen LogP contribution in [-0.2, 0) is 0 Å². The number of furan rings is 1. The molecule has 11 heavy (non-hydrogen) atoms. The van der Waals surface area contributed by atoms with Crippen LogP contribution in [0.1, 0.15) is 32.3 Å². The van der Waals surface area contributed by atoms with Crippen LogP contribution in [-0.4, -0.2) is 0 Å². The predicted molar refractivity (Wildman–Crippen MR) is 49.5 cm³/mol. The van der Waals surface area contributed by atoms with E-state index < -0.39 is 0 Å². The van der Waals surface area contributed by atoms with E-state index in [4.69, 9.17) is 4.42 Å². The second kappa shape index (κ2) is 5.78. The molecule has 0 N–H and O–H groups in total. The lowest BCUT2D eigenvalue weighted by molar-refractivity contribution is 0.525. The summed E-state index contributed by atoms with van der Waals surface area (Å²) in [5, 5.41) is 0. The van der Waals surface area contributed by atoms with Gasteiger partial charge in [0.1, 0.15) is 11.5 Å². The van der Waals surface area contributed by atoms with Gasteiger partial charge >= 0.3 is 0 Å². The Hall–Kier alpha value is -0.980. The summed E-state index contributed by atoms with van der Waals surface area (Å²) in [5.74, 6) is 1.89. The molecule has 0 aliphatic rings. The Balaban J connectivity index is 0.000000461. The van der Waals surface area contributed by atoms with Gasteiger partial charge in [-0.2, -0.15) is 0 Å². The monoisotopic (exact) mass is 152 g/mol. The van der Waals surface area contributed by atoms with Gasteiger partial charge in [0.05, 0.1) is 0 Å². The summed E-state index contributed by atoms with van der Waals surface area (Å²) in [6.45, 7) is 7.91. The van der Waals surface area contributed by atoms with E-state index in [1.165, 1.54) is 0 Å². The minimum atomic E-state index is 0.926. The maximum Gasteiger partial charge on any atom is 0.126 e. The molecule has 1 rings (SSSR count). The molecule has 1 heterocycles. The zero-order valence-electron chi connectivity index (χ0n) is 7.72. The van der Waals surface area contributed by atoms with E-state index in [0.29, 0.717) is 0 Å². The highest BCUT2D eigenvalue weighted by Gasteiger charge is 1.89. The van der Waals surface area contributed by atoms with Crippen LogP contribution in [0.2, 0.25) is 0 Å². The van der Waals surface area contributed by atoms with Gasteiger partial charge < -0.3 is 4.42 Å². The van der Waals surface area contributed by atoms with E-state index in [1.54, 1.807) is 0 Å². The van der Waals surface area contributed by atoms with Gasteiger partial charge in [-0.15, -0.1) is 0 Å². The van der Waals surface area contributed by atoms with E-state index >= 15 is 0 Å². The molecule has 0 aliphatic carbocycles. The average molecular weight is 152 g/mol. The van der Waals surface area contributed by atoms with Crippen molar-refractivity contribution in [2.75, 3.05) is 0 Å². The van der Waals surface area contributed by atoms with Crippen LogP contribution in [0.4, 0.5) is 0 Å². The highest BCUT2D eigenvalue weighted by atomic mass is 16.3. The molecule has 1 nitrogen and oxygen atoms in total. The highest BCUT2D eigenvalue weighted by Crippen LogP contribution is 2.06. The van der Waals surface area contributed by atoms with Gasteiger partial charge in [-0.05, 0) is 32.1 Å². The molecule has 62 valence electrons. The smallest absolute Gasteiger partial charge is 0.126 e. The molecule has 0 saturated heterocycles.